The van der Waals surface area contributed by atoms with Crippen LogP contribution in [0.15, 0.2) is 12.4 Å². The maximum absolute atomic E-state index is 11.7. The van der Waals surface area contributed by atoms with Gasteiger partial charge in [-0.3, -0.25) is 4.79 Å². The number of aryl methyl sites for hydroxylation is 1. The number of hydrogen-bond donors (Lipinski definition) is 0. The van der Waals surface area contributed by atoms with Crippen molar-refractivity contribution in [2.75, 3.05) is 31.6 Å². The molecule has 5 nitrogen and oxygen atoms in total. The number of aromatic nitrogens is 2. The Kier molecular flexibility index (Phi) is 4.35. The van der Waals surface area contributed by atoms with Crippen LogP contribution in [0, 0.1) is 5.92 Å². The summed E-state index contributed by atoms with van der Waals surface area (Å²) < 4.78 is 0. The first-order valence-electron chi connectivity index (χ1n) is 6.93. The van der Waals surface area contributed by atoms with E-state index in [4.69, 9.17) is 0 Å². The molecule has 1 aliphatic heterocycles. The lowest BCUT2D eigenvalue weighted by Gasteiger charge is -2.21. The minimum Gasteiger partial charge on any atom is -0.344 e. The lowest BCUT2D eigenvalue weighted by molar-refractivity contribution is -0.127. The van der Waals surface area contributed by atoms with Crippen molar-refractivity contribution in [2.45, 2.75) is 26.7 Å². The Bertz CT molecular complexity index is 432. The highest BCUT2D eigenvalue weighted by Gasteiger charge is 2.29. The standard InChI is InChI=1S/C14H22N4O/c1-4-11-7-15-14(16-8-11)17(3)9-12-6-13(19)18(5-2)10-12/h7-8,12H,4-6,9-10H2,1-3H3. The summed E-state index contributed by atoms with van der Waals surface area (Å²) in [7, 11) is 1.99. The molecule has 2 rings (SSSR count). The molecule has 0 saturated carbocycles. The summed E-state index contributed by atoms with van der Waals surface area (Å²) in [4.78, 5) is 24.4. The largest absolute Gasteiger partial charge is 0.344 e. The van der Waals surface area contributed by atoms with Crippen molar-refractivity contribution >= 4 is 11.9 Å². The van der Waals surface area contributed by atoms with Crippen molar-refractivity contribution in [3.05, 3.63) is 18.0 Å². The predicted octanol–water partition coefficient (Wildman–Crippen LogP) is 1.34. The van der Waals surface area contributed by atoms with Gasteiger partial charge in [-0.1, -0.05) is 6.92 Å². The second-order valence-electron chi connectivity index (χ2n) is 5.13. The van der Waals surface area contributed by atoms with Gasteiger partial charge in [0.25, 0.3) is 0 Å². The fourth-order valence-corrected chi connectivity index (χ4v) is 2.48. The van der Waals surface area contributed by atoms with Gasteiger partial charge in [-0.15, -0.1) is 0 Å². The molecule has 1 aliphatic rings. The zero-order valence-electron chi connectivity index (χ0n) is 12.0. The summed E-state index contributed by atoms with van der Waals surface area (Å²) in [6.07, 6.45) is 5.34. The van der Waals surface area contributed by atoms with Crippen molar-refractivity contribution in [1.29, 1.82) is 0 Å². The highest BCUT2D eigenvalue weighted by molar-refractivity contribution is 5.78. The summed E-state index contributed by atoms with van der Waals surface area (Å²) in [6.45, 7) is 6.60. The van der Waals surface area contributed by atoms with Crippen LogP contribution in [0.3, 0.4) is 0 Å². The van der Waals surface area contributed by atoms with E-state index >= 15 is 0 Å². The third-order valence-electron chi connectivity index (χ3n) is 3.65. The number of likely N-dealkylation sites (tertiary alicyclic amines) is 1. The predicted molar refractivity (Wildman–Crippen MR) is 75.0 cm³/mol. The molecule has 0 bridgehead atoms. The number of hydrogen-bond acceptors (Lipinski definition) is 4. The topological polar surface area (TPSA) is 49.3 Å². The Morgan fingerprint density at radius 2 is 2.05 bits per heavy atom. The van der Waals surface area contributed by atoms with E-state index in [9.17, 15) is 4.79 Å². The summed E-state index contributed by atoms with van der Waals surface area (Å²) in [5.74, 6) is 1.38. The SMILES string of the molecule is CCc1cnc(N(C)CC2CC(=O)N(CC)C2)nc1. The Labute approximate surface area is 114 Å². The van der Waals surface area contributed by atoms with Gasteiger partial charge in [-0.05, 0) is 18.9 Å². The molecule has 1 saturated heterocycles. The molecule has 2 heterocycles. The van der Waals surface area contributed by atoms with Gasteiger partial charge < -0.3 is 9.80 Å². The molecule has 1 amide bonds. The Balaban J connectivity index is 1.93. The Morgan fingerprint density at radius 1 is 1.37 bits per heavy atom. The lowest BCUT2D eigenvalue weighted by Crippen LogP contribution is -2.29. The summed E-state index contributed by atoms with van der Waals surface area (Å²) in [5.41, 5.74) is 1.14. The van der Waals surface area contributed by atoms with Gasteiger partial charge in [0.05, 0.1) is 0 Å². The van der Waals surface area contributed by atoms with Crippen LogP contribution in [0.5, 0.6) is 0 Å². The van der Waals surface area contributed by atoms with E-state index in [1.165, 1.54) is 0 Å². The van der Waals surface area contributed by atoms with E-state index in [0.29, 0.717) is 12.3 Å². The van der Waals surface area contributed by atoms with Gasteiger partial charge in [0.15, 0.2) is 0 Å². The smallest absolute Gasteiger partial charge is 0.225 e. The minimum absolute atomic E-state index is 0.267. The van der Waals surface area contributed by atoms with Crippen LogP contribution in [0.1, 0.15) is 25.8 Å². The maximum Gasteiger partial charge on any atom is 0.225 e. The molecule has 19 heavy (non-hydrogen) atoms. The molecule has 104 valence electrons. The van der Waals surface area contributed by atoms with Crippen molar-refractivity contribution in [3.63, 3.8) is 0 Å². The molecular formula is C14H22N4O. The van der Waals surface area contributed by atoms with Gasteiger partial charge in [-0.25, -0.2) is 9.97 Å². The zero-order chi connectivity index (χ0) is 13.8. The molecule has 0 spiro atoms. The molecule has 0 radical (unpaired) electrons. The van der Waals surface area contributed by atoms with Gasteiger partial charge in [0.2, 0.25) is 11.9 Å². The summed E-state index contributed by atoms with van der Waals surface area (Å²) in [6, 6.07) is 0. The average molecular weight is 262 g/mol. The first kappa shape index (κ1) is 13.8. The van der Waals surface area contributed by atoms with Crippen LogP contribution in [-0.4, -0.2) is 47.5 Å². The molecule has 1 fully saturated rings. The monoisotopic (exact) mass is 262 g/mol. The van der Waals surface area contributed by atoms with Crippen LogP contribution >= 0.6 is 0 Å². The van der Waals surface area contributed by atoms with Gasteiger partial charge in [0, 0.05) is 51.4 Å². The van der Waals surface area contributed by atoms with E-state index in [-0.39, 0.29) is 5.91 Å². The van der Waals surface area contributed by atoms with E-state index in [0.717, 1.165) is 37.6 Å². The van der Waals surface area contributed by atoms with Crippen LogP contribution in [0.4, 0.5) is 5.95 Å². The molecule has 5 heteroatoms. The first-order chi connectivity index (χ1) is 9.13. The number of nitrogens with zero attached hydrogens (tertiary/aromatic N) is 4. The Hall–Kier alpha value is -1.65. The van der Waals surface area contributed by atoms with E-state index < -0.39 is 0 Å². The van der Waals surface area contributed by atoms with Gasteiger partial charge >= 0.3 is 0 Å². The fourth-order valence-electron chi connectivity index (χ4n) is 2.48. The van der Waals surface area contributed by atoms with Crippen LogP contribution < -0.4 is 4.90 Å². The molecule has 0 aromatic carbocycles. The van der Waals surface area contributed by atoms with Crippen LogP contribution in [-0.2, 0) is 11.2 Å². The van der Waals surface area contributed by atoms with Crippen LogP contribution in [0.2, 0.25) is 0 Å². The minimum atomic E-state index is 0.267. The van der Waals surface area contributed by atoms with Crippen molar-refractivity contribution in [3.8, 4) is 0 Å². The molecule has 0 aliphatic carbocycles. The highest BCUT2D eigenvalue weighted by atomic mass is 16.2. The average Bonchev–Trinajstić information content (AvgIpc) is 2.78. The van der Waals surface area contributed by atoms with Crippen molar-refractivity contribution < 1.29 is 4.79 Å². The molecule has 1 aromatic rings. The normalized spacial score (nSPS) is 19.0. The number of carbonyl (C=O) groups is 1. The summed E-state index contributed by atoms with van der Waals surface area (Å²) in [5, 5.41) is 0. The van der Waals surface area contributed by atoms with Crippen LogP contribution in [0.25, 0.3) is 0 Å². The van der Waals surface area contributed by atoms with E-state index in [1.807, 2.05) is 36.2 Å². The second kappa shape index (κ2) is 5.99. The third kappa shape index (κ3) is 3.22. The molecular weight excluding hydrogens is 240 g/mol. The maximum atomic E-state index is 11.7. The molecule has 1 atom stereocenters. The number of anilines is 1. The molecule has 1 aromatic heterocycles. The van der Waals surface area contributed by atoms with Crippen molar-refractivity contribution in [1.82, 2.24) is 14.9 Å². The third-order valence-corrected chi connectivity index (χ3v) is 3.65. The highest BCUT2D eigenvalue weighted by Crippen LogP contribution is 2.19. The molecule has 1 unspecified atom stereocenters. The fraction of sp³-hybridized carbons (Fsp3) is 0.643. The quantitative estimate of drug-likeness (QED) is 0.803. The second-order valence-corrected chi connectivity index (χ2v) is 5.13. The van der Waals surface area contributed by atoms with E-state index in [2.05, 4.69) is 16.9 Å². The van der Waals surface area contributed by atoms with Gasteiger partial charge in [0.1, 0.15) is 0 Å². The zero-order valence-corrected chi connectivity index (χ0v) is 12.0. The van der Waals surface area contributed by atoms with E-state index in [1.54, 1.807) is 0 Å². The first-order valence-corrected chi connectivity index (χ1v) is 6.93. The van der Waals surface area contributed by atoms with Crippen molar-refractivity contribution in [2.24, 2.45) is 5.92 Å². The molecule has 0 N–H and O–H groups in total. The number of carbonyl (C=O) groups excluding carboxylic acids is 1. The van der Waals surface area contributed by atoms with Gasteiger partial charge in [-0.2, -0.15) is 0 Å². The number of amides is 1. The summed E-state index contributed by atoms with van der Waals surface area (Å²) >= 11 is 0. The Morgan fingerprint density at radius 3 is 2.58 bits per heavy atom. The number of rotatable bonds is 5. The lowest BCUT2D eigenvalue weighted by atomic mass is 10.1.